The highest BCUT2D eigenvalue weighted by Gasteiger charge is 2.31. The third-order valence-corrected chi connectivity index (χ3v) is 3.62. The maximum atomic E-state index is 12.7. The first-order chi connectivity index (χ1) is 7.58. The van der Waals surface area contributed by atoms with Crippen LogP contribution in [0.1, 0.15) is 6.92 Å². The van der Waals surface area contributed by atoms with Crippen molar-refractivity contribution >= 4 is 23.4 Å². The van der Waals surface area contributed by atoms with Crippen molar-refractivity contribution in [2.75, 3.05) is 7.05 Å². The number of rotatable bonds is 2. The summed E-state index contributed by atoms with van der Waals surface area (Å²) >= 11 is 1.39. The molecule has 1 aromatic carbocycles. The first-order valence-corrected chi connectivity index (χ1v) is 5.71. The van der Waals surface area contributed by atoms with E-state index >= 15 is 0 Å². The predicted molar refractivity (Wildman–Crippen MR) is 61.9 cm³/mol. The Hall–Kier alpha value is -1.36. The number of halogens is 1. The molecule has 0 fully saturated rings. The summed E-state index contributed by atoms with van der Waals surface area (Å²) in [7, 11) is 1.64. The lowest BCUT2D eigenvalue weighted by Gasteiger charge is -2.09. The van der Waals surface area contributed by atoms with E-state index in [0.717, 1.165) is 10.6 Å². The summed E-state index contributed by atoms with van der Waals surface area (Å²) in [4.78, 5) is 12.6. The highest BCUT2D eigenvalue weighted by molar-refractivity contribution is 8.01. The van der Waals surface area contributed by atoms with Crippen molar-refractivity contribution in [2.24, 2.45) is 5.10 Å². The zero-order chi connectivity index (χ0) is 11.7. The SMILES string of the molecule is CC1=NN(C)C(=O)C1Sc1ccc(F)cc1. The van der Waals surface area contributed by atoms with Crippen molar-refractivity contribution in [3.8, 4) is 0 Å². The number of carbonyl (C=O) groups excluding carboxylic acids is 1. The molecule has 0 aromatic heterocycles. The summed E-state index contributed by atoms with van der Waals surface area (Å²) < 4.78 is 12.7. The van der Waals surface area contributed by atoms with Crippen LogP contribution in [0.3, 0.4) is 0 Å². The second-order valence-electron chi connectivity index (χ2n) is 3.56. The molecule has 0 saturated carbocycles. The van der Waals surface area contributed by atoms with E-state index in [0.29, 0.717) is 0 Å². The lowest BCUT2D eigenvalue weighted by atomic mass is 10.3. The van der Waals surface area contributed by atoms with Crippen molar-refractivity contribution in [3.05, 3.63) is 30.1 Å². The van der Waals surface area contributed by atoms with Crippen LogP contribution in [-0.2, 0) is 4.79 Å². The first-order valence-electron chi connectivity index (χ1n) is 4.83. The zero-order valence-corrected chi connectivity index (χ0v) is 9.79. The summed E-state index contributed by atoms with van der Waals surface area (Å²) in [6.07, 6.45) is 0. The average Bonchev–Trinajstić information content (AvgIpc) is 2.48. The smallest absolute Gasteiger partial charge is 0.261 e. The summed E-state index contributed by atoms with van der Waals surface area (Å²) in [5.74, 6) is -0.309. The second-order valence-corrected chi connectivity index (χ2v) is 4.73. The predicted octanol–water partition coefficient (Wildman–Crippen LogP) is 2.13. The summed E-state index contributed by atoms with van der Waals surface area (Å²) in [5.41, 5.74) is 0.779. The molecule has 0 spiro atoms. The molecule has 5 heteroatoms. The van der Waals surface area contributed by atoms with Gasteiger partial charge in [-0.2, -0.15) is 5.10 Å². The number of hydrazone groups is 1. The molecule has 16 heavy (non-hydrogen) atoms. The van der Waals surface area contributed by atoms with Gasteiger partial charge in [0, 0.05) is 11.9 Å². The van der Waals surface area contributed by atoms with Gasteiger partial charge in [0.25, 0.3) is 5.91 Å². The molecule has 0 saturated heterocycles. The lowest BCUT2D eigenvalue weighted by molar-refractivity contribution is -0.126. The number of hydrogen-bond acceptors (Lipinski definition) is 3. The van der Waals surface area contributed by atoms with Gasteiger partial charge in [-0.1, -0.05) is 0 Å². The normalized spacial score (nSPS) is 20.2. The van der Waals surface area contributed by atoms with Gasteiger partial charge >= 0.3 is 0 Å². The summed E-state index contributed by atoms with van der Waals surface area (Å²) in [5, 5.41) is 5.13. The molecule has 1 aromatic rings. The number of nitrogens with zero attached hydrogens (tertiary/aromatic N) is 2. The second kappa shape index (κ2) is 4.25. The maximum absolute atomic E-state index is 12.7. The Morgan fingerprint density at radius 3 is 2.50 bits per heavy atom. The Bertz CT molecular complexity index is 444. The number of thioether (sulfide) groups is 1. The Kier molecular flexibility index (Phi) is 2.96. The fourth-order valence-electron chi connectivity index (χ4n) is 1.47. The topological polar surface area (TPSA) is 32.7 Å². The van der Waals surface area contributed by atoms with Crippen LogP contribution < -0.4 is 0 Å². The summed E-state index contributed by atoms with van der Waals surface area (Å²) in [6, 6.07) is 6.10. The van der Waals surface area contributed by atoms with Crippen LogP contribution in [0.25, 0.3) is 0 Å². The molecule has 84 valence electrons. The molecule has 2 rings (SSSR count). The number of amides is 1. The zero-order valence-electron chi connectivity index (χ0n) is 8.98. The van der Waals surface area contributed by atoms with E-state index in [1.807, 2.05) is 6.92 Å². The van der Waals surface area contributed by atoms with Gasteiger partial charge in [0.2, 0.25) is 0 Å². The Balaban J connectivity index is 2.14. The molecule has 0 bridgehead atoms. The quantitative estimate of drug-likeness (QED) is 0.790. The molecule has 1 aliphatic rings. The van der Waals surface area contributed by atoms with Gasteiger partial charge in [0.15, 0.2) is 0 Å². The van der Waals surface area contributed by atoms with Crippen molar-refractivity contribution in [1.82, 2.24) is 5.01 Å². The van der Waals surface area contributed by atoms with Gasteiger partial charge in [-0.15, -0.1) is 11.8 Å². The largest absolute Gasteiger partial charge is 0.271 e. The van der Waals surface area contributed by atoms with Gasteiger partial charge in [0.1, 0.15) is 11.1 Å². The minimum absolute atomic E-state index is 0.0353. The Labute approximate surface area is 97.3 Å². The van der Waals surface area contributed by atoms with Crippen LogP contribution in [-0.4, -0.2) is 28.9 Å². The molecular formula is C11H11FN2OS. The highest BCUT2D eigenvalue weighted by atomic mass is 32.2. The minimum atomic E-state index is -0.282. The van der Waals surface area contributed by atoms with Gasteiger partial charge in [-0.3, -0.25) is 4.79 Å². The van der Waals surface area contributed by atoms with Gasteiger partial charge in [-0.25, -0.2) is 9.40 Å². The van der Waals surface area contributed by atoms with Crippen LogP contribution >= 0.6 is 11.8 Å². The van der Waals surface area contributed by atoms with Crippen molar-refractivity contribution < 1.29 is 9.18 Å². The number of benzene rings is 1. The van der Waals surface area contributed by atoms with Crippen molar-refractivity contribution in [3.63, 3.8) is 0 Å². The number of hydrogen-bond donors (Lipinski definition) is 0. The van der Waals surface area contributed by atoms with E-state index in [4.69, 9.17) is 0 Å². The molecule has 0 aliphatic carbocycles. The average molecular weight is 238 g/mol. The molecule has 1 heterocycles. The van der Waals surface area contributed by atoms with Crippen LogP contribution in [0, 0.1) is 5.82 Å². The van der Waals surface area contributed by atoms with Crippen LogP contribution in [0.4, 0.5) is 4.39 Å². The fourth-order valence-corrected chi connectivity index (χ4v) is 2.51. The molecule has 0 N–H and O–H groups in total. The van der Waals surface area contributed by atoms with Crippen molar-refractivity contribution in [2.45, 2.75) is 17.1 Å². The molecular weight excluding hydrogens is 227 g/mol. The standard InChI is InChI=1S/C11H11FN2OS/c1-7-10(11(15)14(2)13-7)16-9-5-3-8(12)4-6-9/h3-6,10H,1-2H3. The summed E-state index contributed by atoms with van der Waals surface area (Å²) in [6.45, 7) is 1.82. The van der Waals surface area contributed by atoms with Crippen LogP contribution in [0.5, 0.6) is 0 Å². The third-order valence-electron chi connectivity index (χ3n) is 2.30. The third kappa shape index (κ3) is 2.09. The Morgan fingerprint density at radius 2 is 2.00 bits per heavy atom. The molecule has 3 nitrogen and oxygen atoms in total. The van der Waals surface area contributed by atoms with E-state index in [9.17, 15) is 9.18 Å². The molecule has 1 aliphatic heterocycles. The van der Waals surface area contributed by atoms with E-state index in [-0.39, 0.29) is 17.0 Å². The van der Waals surface area contributed by atoms with E-state index in [2.05, 4.69) is 5.10 Å². The van der Waals surface area contributed by atoms with Crippen LogP contribution in [0.15, 0.2) is 34.3 Å². The van der Waals surface area contributed by atoms with Gasteiger partial charge in [-0.05, 0) is 31.2 Å². The monoisotopic (exact) mass is 238 g/mol. The highest BCUT2D eigenvalue weighted by Crippen LogP contribution is 2.28. The molecule has 1 atom stereocenters. The van der Waals surface area contributed by atoms with Crippen LogP contribution in [0.2, 0.25) is 0 Å². The first kappa shape index (κ1) is 11.1. The minimum Gasteiger partial charge on any atom is -0.271 e. The lowest BCUT2D eigenvalue weighted by Crippen LogP contribution is -2.26. The molecule has 1 amide bonds. The Morgan fingerprint density at radius 1 is 1.38 bits per heavy atom. The van der Waals surface area contributed by atoms with Crippen molar-refractivity contribution in [1.29, 1.82) is 0 Å². The fraction of sp³-hybridized carbons (Fsp3) is 0.273. The van der Waals surface area contributed by atoms with E-state index in [1.165, 1.54) is 28.9 Å². The maximum Gasteiger partial charge on any atom is 0.261 e. The number of carbonyl (C=O) groups is 1. The van der Waals surface area contributed by atoms with Gasteiger partial charge in [0.05, 0.1) is 5.71 Å². The molecule has 1 unspecified atom stereocenters. The van der Waals surface area contributed by atoms with E-state index < -0.39 is 0 Å². The molecule has 0 radical (unpaired) electrons. The van der Waals surface area contributed by atoms with E-state index in [1.54, 1.807) is 19.2 Å². The van der Waals surface area contributed by atoms with Gasteiger partial charge < -0.3 is 0 Å².